The van der Waals surface area contributed by atoms with Crippen LogP contribution in [0.3, 0.4) is 0 Å². The van der Waals surface area contributed by atoms with Crippen molar-refractivity contribution in [3.05, 3.63) is 231 Å². The average Bonchev–Trinajstić information content (AvgIpc) is 3.19. The summed E-state index contributed by atoms with van der Waals surface area (Å²) in [5.74, 6) is 0. The molecule has 7 aromatic rings. The minimum Gasteiger partial charge on any atom is -0.310 e. The normalized spacial score (nSPS) is 11.8. The molecule has 0 saturated carbocycles. The summed E-state index contributed by atoms with van der Waals surface area (Å²) < 4.78 is 0. The molecule has 1 heteroatoms. The van der Waals surface area contributed by atoms with E-state index in [2.05, 4.69) is 222 Å². The fourth-order valence-corrected chi connectivity index (χ4v) is 7.19. The molecule has 0 aliphatic rings. The molecule has 0 amide bonds. The molecule has 7 aromatic carbocycles. The maximum atomic E-state index is 2.44. The lowest BCUT2D eigenvalue weighted by atomic mass is 9.94. The first-order valence-electron chi connectivity index (χ1n) is 18.6. The highest BCUT2D eigenvalue weighted by Gasteiger charge is 2.19. The zero-order valence-corrected chi connectivity index (χ0v) is 31.5. The second kappa shape index (κ2) is 16.0. The van der Waals surface area contributed by atoms with E-state index in [1.165, 1.54) is 66.9 Å². The number of aryl methyl sites for hydroxylation is 5. The highest BCUT2D eigenvalue weighted by atomic mass is 15.1. The first kappa shape index (κ1) is 35.2. The first-order valence-corrected chi connectivity index (χ1v) is 18.6. The summed E-state index contributed by atoms with van der Waals surface area (Å²) in [6, 6.07) is 61.7. The number of benzene rings is 7. The molecular weight excluding hydrogens is 639 g/mol. The Labute approximate surface area is 316 Å². The topological polar surface area (TPSA) is 3.24 Å². The van der Waals surface area contributed by atoms with Crippen LogP contribution in [0.15, 0.2) is 170 Å². The van der Waals surface area contributed by atoms with E-state index >= 15 is 0 Å². The molecular formula is C52H47N. The van der Waals surface area contributed by atoms with Gasteiger partial charge in [0.05, 0.1) is 5.69 Å². The van der Waals surface area contributed by atoms with Crippen LogP contribution in [0, 0.1) is 27.7 Å². The third kappa shape index (κ3) is 8.16. The van der Waals surface area contributed by atoms with E-state index in [1.807, 2.05) is 0 Å². The van der Waals surface area contributed by atoms with Crippen LogP contribution in [0.4, 0.5) is 17.1 Å². The summed E-state index contributed by atoms with van der Waals surface area (Å²) in [6.45, 7) is 11.0. The molecule has 0 aliphatic carbocycles. The summed E-state index contributed by atoms with van der Waals surface area (Å²) in [6.07, 6.45) is 5.56. The predicted octanol–water partition coefficient (Wildman–Crippen LogP) is 14.1. The first-order chi connectivity index (χ1) is 25.9. The molecule has 260 valence electrons. The van der Waals surface area contributed by atoms with Gasteiger partial charge in [-0.25, -0.2) is 0 Å². The van der Waals surface area contributed by atoms with Crippen LogP contribution in [0.5, 0.6) is 0 Å². The average molecular weight is 686 g/mol. The van der Waals surface area contributed by atoms with Crippen molar-refractivity contribution in [2.45, 2.75) is 41.0 Å². The second-order valence-corrected chi connectivity index (χ2v) is 14.0. The molecule has 0 bridgehead atoms. The Morgan fingerprint density at radius 1 is 0.434 bits per heavy atom. The Morgan fingerprint density at radius 3 is 1.23 bits per heavy atom. The van der Waals surface area contributed by atoms with Crippen molar-refractivity contribution in [3.8, 4) is 0 Å². The van der Waals surface area contributed by atoms with Crippen molar-refractivity contribution >= 4 is 40.4 Å². The number of rotatable bonds is 10. The van der Waals surface area contributed by atoms with Gasteiger partial charge in [0.15, 0.2) is 0 Å². The SMILES string of the molecule is CCc1cc(C)cc(C)c1N(c1ccc(/C=C(\c2ccccc2)c2ccc(C)cc2)cc1)c1ccc(/C=C(\c2ccccc2)c2ccc(C)cc2)cc1. The third-order valence-electron chi connectivity index (χ3n) is 9.95. The number of hydrogen-bond acceptors (Lipinski definition) is 1. The Kier molecular flexibility index (Phi) is 10.6. The van der Waals surface area contributed by atoms with Crippen molar-refractivity contribution in [1.29, 1.82) is 0 Å². The molecule has 1 nitrogen and oxygen atoms in total. The quantitative estimate of drug-likeness (QED) is 0.130. The van der Waals surface area contributed by atoms with E-state index in [4.69, 9.17) is 0 Å². The lowest BCUT2D eigenvalue weighted by Gasteiger charge is -2.30. The Morgan fingerprint density at radius 2 is 0.830 bits per heavy atom. The molecule has 7 rings (SSSR count). The van der Waals surface area contributed by atoms with Crippen molar-refractivity contribution in [2.75, 3.05) is 4.90 Å². The number of hydrogen-bond donors (Lipinski definition) is 0. The Bertz CT molecular complexity index is 2200. The van der Waals surface area contributed by atoms with Crippen LogP contribution in [-0.4, -0.2) is 0 Å². The fourth-order valence-electron chi connectivity index (χ4n) is 7.19. The Hall–Kier alpha value is -6.18. The standard InChI is InChI=1S/C52H47N/c1-6-43-34-39(4)33-40(5)52(43)53(48-29-21-41(22-30-48)35-50(44-13-9-7-10-14-44)46-25-17-37(2)18-26-46)49-31-23-42(24-32-49)36-51(45-15-11-8-12-16-45)47-27-19-38(3)20-28-47/h7-36H,6H2,1-5H3/b50-35+,51-36+. The summed E-state index contributed by atoms with van der Waals surface area (Å²) >= 11 is 0. The van der Waals surface area contributed by atoms with Crippen LogP contribution in [0.2, 0.25) is 0 Å². The van der Waals surface area contributed by atoms with Gasteiger partial charge in [-0.3, -0.25) is 0 Å². The van der Waals surface area contributed by atoms with Gasteiger partial charge < -0.3 is 4.90 Å². The van der Waals surface area contributed by atoms with Gasteiger partial charge in [-0.05, 0) is 126 Å². The van der Waals surface area contributed by atoms with Gasteiger partial charge in [0.25, 0.3) is 0 Å². The second-order valence-electron chi connectivity index (χ2n) is 14.0. The zero-order chi connectivity index (χ0) is 36.7. The maximum absolute atomic E-state index is 2.44. The molecule has 0 N–H and O–H groups in total. The van der Waals surface area contributed by atoms with Crippen LogP contribution in [-0.2, 0) is 6.42 Å². The highest BCUT2D eigenvalue weighted by Crippen LogP contribution is 2.40. The molecule has 0 aliphatic heterocycles. The van der Waals surface area contributed by atoms with E-state index in [9.17, 15) is 0 Å². The minimum atomic E-state index is 0.948. The van der Waals surface area contributed by atoms with Crippen LogP contribution in [0.1, 0.15) is 68.1 Å². The van der Waals surface area contributed by atoms with Gasteiger partial charge in [0.2, 0.25) is 0 Å². The van der Waals surface area contributed by atoms with Crippen LogP contribution < -0.4 is 4.90 Å². The molecule has 0 unspecified atom stereocenters. The molecule has 0 spiro atoms. The van der Waals surface area contributed by atoms with E-state index in [-0.39, 0.29) is 0 Å². The predicted molar refractivity (Wildman–Crippen MR) is 229 cm³/mol. The van der Waals surface area contributed by atoms with Gasteiger partial charge in [-0.15, -0.1) is 0 Å². The largest absolute Gasteiger partial charge is 0.310 e. The monoisotopic (exact) mass is 685 g/mol. The molecule has 0 atom stereocenters. The molecule has 0 radical (unpaired) electrons. The summed E-state index contributed by atoms with van der Waals surface area (Å²) in [5.41, 5.74) is 19.5. The van der Waals surface area contributed by atoms with Crippen LogP contribution in [0.25, 0.3) is 23.3 Å². The molecule has 0 heterocycles. The number of nitrogens with zero attached hydrogens (tertiary/aromatic N) is 1. The van der Waals surface area contributed by atoms with Gasteiger partial charge >= 0.3 is 0 Å². The maximum Gasteiger partial charge on any atom is 0.0522 e. The zero-order valence-electron chi connectivity index (χ0n) is 31.5. The van der Waals surface area contributed by atoms with Crippen LogP contribution >= 0.6 is 0 Å². The number of anilines is 3. The van der Waals surface area contributed by atoms with E-state index < -0.39 is 0 Å². The molecule has 0 saturated heterocycles. The fraction of sp³-hybridized carbons (Fsp3) is 0.115. The summed E-state index contributed by atoms with van der Waals surface area (Å²) in [7, 11) is 0. The van der Waals surface area contributed by atoms with Crippen molar-refractivity contribution in [1.82, 2.24) is 0 Å². The van der Waals surface area contributed by atoms with E-state index in [0.29, 0.717) is 0 Å². The summed E-state index contributed by atoms with van der Waals surface area (Å²) in [4.78, 5) is 2.44. The van der Waals surface area contributed by atoms with E-state index in [0.717, 1.165) is 28.9 Å². The lowest BCUT2D eigenvalue weighted by molar-refractivity contribution is 1.09. The molecule has 0 fully saturated rings. The van der Waals surface area contributed by atoms with Gasteiger partial charge in [0, 0.05) is 11.4 Å². The van der Waals surface area contributed by atoms with Gasteiger partial charge in [0.1, 0.15) is 0 Å². The van der Waals surface area contributed by atoms with Crippen molar-refractivity contribution in [3.63, 3.8) is 0 Å². The Balaban J connectivity index is 1.30. The minimum absolute atomic E-state index is 0.948. The van der Waals surface area contributed by atoms with Gasteiger partial charge in [-0.1, -0.05) is 169 Å². The smallest absolute Gasteiger partial charge is 0.0522 e. The lowest BCUT2D eigenvalue weighted by Crippen LogP contribution is -2.14. The summed E-state index contributed by atoms with van der Waals surface area (Å²) in [5, 5.41) is 0. The molecule has 0 aromatic heterocycles. The highest BCUT2D eigenvalue weighted by molar-refractivity contribution is 5.93. The van der Waals surface area contributed by atoms with Crippen molar-refractivity contribution in [2.24, 2.45) is 0 Å². The van der Waals surface area contributed by atoms with E-state index in [1.54, 1.807) is 0 Å². The third-order valence-corrected chi connectivity index (χ3v) is 9.95. The van der Waals surface area contributed by atoms with Crippen molar-refractivity contribution < 1.29 is 0 Å². The van der Waals surface area contributed by atoms with Gasteiger partial charge in [-0.2, -0.15) is 0 Å². The molecule has 53 heavy (non-hydrogen) atoms.